The van der Waals surface area contributed by atoms with Crippen LogP contribution in [0, 0.1) is 0 Å². The summed E-state index contributed by atoms with van der Waals surface area (Å²) in [7, 11) is -3.03. The summed E-state index contributed by atoms with van der Waals surface area (Å²) in [4.78, 5) is 0. The zero-order valence-corrected chi connectivity index (χ0v) is 8.56. The first-order valence-corrected chi connectivity index (χ1v) is 5.97. The molecule has 1 rings (SSSR count). The summed E-state index contributed by atoms with van der Waals surface area (Å²) in [6, 6.07) is 0.146. The molecule has 0 radical (unpaired) electrons. The third kappa shape index (κ3) is 1.97. The summed E-state index contributed by atoms with van der Waals surface area (Å²) < 4.78 is 24.2. The van der Waals surface area contributed by atoms with Crippen LogP contribution in [0.25, 0.3) is 0 Å². The van der Waals surface area contributed by atoms with Crippen LogP contribution >= 0.6 is 0 Å². The number of sulfonamides is 1. The fourth-order valence-corrected chi connectivity index (χ4v) is 3.23. The summed E-state index contributed by atoms with van der Waals surface area (Å²) in [6.07, 6.45) is 1.27. The fourth-order valence-electron chi connectivity index (χ4n) is 1.77. The Bertz CT molecular complexity index is 240. The first-order chi connectivity index (χ1) is 5.43. The van der Waals surface area contributed by atoms with Gasteiger partial charge in [-0.3, -0.25) is 0 Å². The summed E-state index contributed by atoms with van der Waals surface area (Å²) in [5.74, 6) is 0. The van der Waals surface area contributed by atoms with Gasteiger partial charge >= 0.3 is 0 Å². The van der Waals surface area contributed by atoms with Gasteiger partial charge in [0.05, 0.1) is 6.26 Å². The van der Waals surface area contributed by atoms with Gasteiger partial charge in [-0.25, -0.2) is 8.42 Å². The molecule has 4 nitrogen and oxygen atoms in total. The standard InChI is InChI=1S/C7H16N2O2S/c1-6-4-8-5-7(2)9(6)12(3,10)11/h6-8H,4-5H2,1-3H3. The Morgan fingerprint density at radius 1 is 1.25 bits per heavy atom. The molecule has 0 saturated carbocycles. The lowest BCUT2D eigenvalue weighted by atomic mass is 10.2. The summed E-state index contributed by atoms with van der Waals surface area (Å²) in [6.45, 7) is 5.34. The van der Waals surface area contributed by atoms with Crippen LogP contribution < -0.4 is 5.32 Å². The fraction of sp³-hybridized carbons (Fsp3) is 1.00. The summed E-state index contributed by atoms with van der Waals surface area (Å²) >= 11 is 0. The highest BCUT2D eigenvalue weighted by molar-refractivity contribution is 7.88. The lowest BCUT2D eigenvalue weighted by molar-refractivity contribution is 0.221. The average Bonchev–Trinajstić information content (AvgIpc) is 1.82. The molecule has 1 heterocycles. The van der Waals surface area contributed by atoms with E-state index in [4.69, 9.17) is 0 Å². The van der Waals surface area contributed by atoms with Crippen LogP contribution in [0.2, 0.25) is 0 Å². The Morgan fingerprint density at radius 3 is 1.92 bits per heavy atom. The SMILES string of the molecule is CC1CNCC(C)N1S(C)(=O)=O. The second-order valence-corrected chi connectivity index (χ2v) is 5.34. The smallest absolute Gasteiger partial charge is 0.211 e. The highest BCUT2D eigenvalue weighted by atomic mass is 32.2. The molecule has 1 aliphatic heterocycles. The maximum atomic E-state index is 11.3. The van der Waals surface area contributed by atoms with Crippen LogP contribution in [-0.2, 0) is 10.0 Å². The Morgan fingerprint density at radius 2 is 1.67 bits per heavy atom. The molecule has 5 heteroatoms. The molecule has 0 aromatic heterocycles. The van der Waals surface area contributed by atoms with E-state index in [9.17, 15) is 8.42 Å². The van der Waals surface area contributed by atoms with E-state index < -0.39 is 10.0 Å². The molecule has 0 aromatic carbocycles. The Balaban J connectivity index is 2.84. The second-order valence-electron chi connectivity index (χ2n) is 3.45. The molecule has 1 aliphatic rings. The molecule has 0 spiro atoms. The minimum atomic E-state index is -3.03. The van der Waals surface area contributed by atoms with E-state index in [1.54, 1.807) is 4.31 Å². The van der Waals surface area contributed by atoms with Crippen LogP contribution in [0.1, 0.15) is 13.8 Å². The van der Waals surface area contributed by atoms with Crippen molar-refractivity contribution >= 4 is 10.0 Å². The van der Waals surface area contributed by atoms with E-state index in [1.165, 1.54) is 6.26 Å². The van der Waals surface area contributed by atoms with Crippen molar-refractivity contribution < 1.29 is 8.42 Å². The molecule has 1 N–H and O–H groups in total. The Kier molecular flexibility index (Phi) is 2.75. The topological polar surface area (TPSA) is 49.4 Å². The molecule has 2 atom stereocenters. The van der Waals surface area contributed by atoms with Crippen molar-refractivity contribution in [1.82, 2.24) is 9.62 Å². The molecule has 1 saturated heterocycles. The second kappa shape index (κ2) is 3.32. The van der Waals surface area contributed by atoms with Crippen molar-refractivity contribution in [3.05, 3.63) is 0 Å². The third-order valence-electron chi connectivity index (χ3n) is 2.13. The van der Waals surface area contributed by atoms with Crippen LogP contribution in [0.15, 0.2) is 0 Å². The molecule has 0 aromatic rings. The minimum absolute atomic E-state index is 0.0729. The van der Waals surface area contributed by atoms with E-state index in [0.717, 1.165) is 13.1 Å². The zero-order chi connectivity index (χ0) is 9.35. The monoisotopic (exact) mass is 192 g/mol. The van der Waals surface area contributed by atoms with Crippen LogP contribution in [-0.4, -0.2) is 44.2 Å². The predicted octanol–water partition coefficient (Wildman–Crippen LogP) is -0.372. The molecule has 2 unspecified atom stereocenters. The molecule has 0 amide bonds. The van der Waals surface area contributed by atoms with Crippen molar-refractivity contribution in [3.63, 3.8) is 0 Å². The Hall–Kier alpha value is -0.130. The number of nitrogens with zero attached hydrogens (tertiary/aromatic N) is 1. The number of hydrogen-bond donors (Lipinski definition) is 1. The van der Waals surface area contributed by atoms with Crippen molar-refractivity contribution in [2.24, 2.45) is 0 Å². The van der Waals surface area contributed by atoms with E-state index in [-0.39, 0.29) is 12.1 Å². The quantitative estimate of drug-likeness (QED) is 0.616. The first kappa shape index (κ1) is 9.95. The van der Waals surface area contributed by atoms with Gasteiger partial charge < -0.3 is 5.32 Å². The van der Waals surface area contributed by atoms with Crippen molar-refractivity contribution in [1.29, 1.82) is 0 Å². The van der Waals surface area contributed by atoms with Crippen LogP contribution in [0.5, 0.6) is 0 Å². The first-order valence-electron chi connectivity index (χ1n) is 4.12. The van der Waals surface area contributed by atoms with Crippen LogP contribution in [0.4, 0.5) is 0 Å². The number of piperazine rings is 1. The lowest BCUT2D eigenvalue weighted by Gasteiger charge is -2.37. The molecule has 72 valence electrons. The van der Waals surface area contributed by atoms with Crippen molar-refractivity contribution in [2.45, 2.75) is 25.9 Å². The molecular formula is C7H16N2O2S. The number of hydrogen-bond acceptors (Lipinski definition) is 3. The molecule has 0 bridgehead atoms. The van der Waals surface area contributed by atoms with Gasteiger partial charge in [-0.1, -0.05) is 0 Å². The van der Waals surface area contributed by atoms with E-state index in [1.807, 2.05) is 13.8 Å². The van der Waals surface area contributed by atoms with Crippen molar-refractivity contribution in [2.75, 3.05) is 19.3 Å². The summed E-state index contributed by atoms with van der Waals surface area (Å²) in [5.41, 5.74) is 0. The number of nitrogens with one attached hydrogen (secondary N) is 1. The van der Waals surface area contributed by atoms with Crippen LogP contribution in [0.3, 0.4) is 0 Å². The van der Waals surface area contributed by atoms with E-state index >= 15 is 0 Å². The Labute approximate surface area is 74.0 Å². The zero-order valence-electron chi connectivity index (χ0n) is 7.74. The maximum Gasteiger partial charge on any atom is 0.211 e. The normalized spacial score (nSPS) is 33.6. The third-order valence-corrected chi connectivity index (χ3v) is 3.62. The van der Waals surface area contributed by atoms with Gasteiger partial charge in [-0.05, 0) is 13.8 Å². The minimum Gasteiger partial charge on any atom is -0.314 e. The largest absolute Gasteiger partial charge is 0.314 e. The van der Waals surface area contributed by atoms with Crippen molar-refractivity contribution in [3.8, 4) is 0 Å². The van der Waals surface area contributed by atoms with Gasteiger partial charge in [-0.15, -0.1) is 0 Å². The summed E-state index contributed by atoms with van der Waals surface area (Å²) in [5, 5.41) is 3.18. The highest BCUT2D eigenvalue weighted by Crippen LogP contribution is 2.13. The predicted molar refractivity (Wildman–Crippen MR) is 48.5 cm³/mol. The number of rotatable bonds is 1. The molecular weight excluding hydrogens is 176 g/mol. The van der Waals surface area contributed by atoms with Gasteiger partial charge in [0.2, 0.25) is 10.0 Å². The average molecular weight is 192 g/mol. The van der Waals surface area contributed by atoms with Gasteiger partial charge in [0.1, 0.15) is 0 Å². The highest BCUT2D eigenvalue weighted by Gasteiger charge is 2.31. The molecule has 1 fully saturated rings. The lowest BCUT2D eigenvalue weighted by Crippen LogP contribution is -2.56. The maximum absolute atomic E-state index is 11.3. The van der Waals surface area contributed by atoms with Gasteiger partial charge in [0.15, 0.2) is 0 Å². The van der Waals surface area contributed by atoms with Gasteiger partial charge in [0.25, 0.3) is 0 Å². The van der Waals surface area contributed by atoms with Gasteiger partial charge in [0, 0.05) is 25.2 Å². The molecule has 0 aliphatic carbocycles. The van der Waals surface area contributed by atoms with E-state index in [0.29, 0.717) is 0 Å². The van der Waals surface area contributed by atoms with Gasteiger partial charge in [-0.2, -0.15) is 4.31 Å². The van der Waals surface area contributed by atoms with E-state index in [2.05, 4.69) is 5.32 Å². The molecule has 12 heavy (non-hydrogen) atoms.